The summed E-state index contributed by atoms with van der Waals surface area (Å²) in [5.74, 6) is -0.848. The lowest BCUT2D eigenvalue weighted by Gasteiger charge is -2.08. The Balaban J connectivity index is 2.63. The Bertz CT molecular complexity index is 399. The highest BCUT2D eigenvalue weighted by Crippen LogP contribution is 2.32. The number of carbonyl (C=O) groups is 1. The number of fused-ring (bicyclic) bond motifs is 1. The highest BCUT2D eigenvalue weighted by atomic mass is 16.4. The smallest absolute Gasteiger partial charge is 0.335 e. The molecule has 2 rings (SSSR count). The molecule has 0 spiro atoms. The van der Waals surface area contributed by atoms with Crippen molar-refractivity contribution < 1.29 is 9.90 Å². The lowest BCUT2D eigenvalue weighted by atomic mass is 9.99. The number of hydrogen-bond donors (Lipinski definition) is 2. The first-order valence-electron chi connectivity index (χ1n) is 4.72. The van der Waals surface area contributed by atoms with Crippen molar-refractivity contribution in [3.8, 4) is 0 Å². The standard InChI is InChI=1S/C11H13NO2/c1-6-4-8-7(2-3-10(8)12)9(5-6)11(13)14/h4-5,10H,2-3,12H2,1H3,(H,13,14). The van der Waals surface area contributed by atoms with Gasteiger partial charge in [-0.3, -0.25) is 0 Å². The topological polar surface area (TPSA) is 63.3 Å². The minimum Gasteiger partial charge on any atom is -0.478 e. The summed E-state index contributed by atoms with van der Waals surface area (Å²) in [5.41, 5.74) is 9.23. The Labute approximate surface area is 82.5 Å². The van der Waals surface area contributed by atoms with Crippen LogP contribution in [0.1, 0.15) is 39.5 Å². The molecular formula is C11H13NO2. The van der Waals surface area contributed by atoms with Gasteiger partial charge in [-0.25, -0.2) is 4.79 Å². The van der Waals surface area contributed by atoms with Gasteiger partial charge in [0.25, 0.3) is 0 Å². The van der Waals surface area contributed by atoms with Crippen LogP contribution in [0.5, 0.6) is 0 Å². The number of hydrogen-bond acceptors (Lipinski definition) is 2. The molecule has 74 valence electrons. The third kappa shape index (κ3) is 1.30. The lowest BCUT2D eigenvalue weighted by molar-refractivity contribution is 0.0695. The molecule has 0 bridgehead atoms. The van der Waals surface area contributed by atoms with Crippen molar-refractivity contribution in [2.45, 2.75) is 25.8 Å². The largest absolute Gasteiger partial charge is 0.478 e. The van der Waals surface area contributed by atoms with Crippen molar-refractivity contribution >= 4 is 5.97 Å². The highest BCUT2D eigenvalue weighted by Gasteiger charge is 2.24. The van der Waals surface area contributed by atoms with E-state index < -0.39 is 5.97 Å². The van der Waals surface area contributed by atoms with Gasteiger partial charge in [0.1, 0.15) is 0 Å². The summed E-state index contributed by atoms with van der Waals surface area (Å²) in [5, 5.41) is 9.02. The first-order valence-corrected chi connectivity index (χ1v) is 4.72. The zero-order valence-electron chi connectivity index (χ0n) is 8.08. The van der Waals surface area contributed by atoms with Gasteiger partial charge in [-0.15, -0.1) is 0 Å². The second-order valence-corrected chi connectivity index (χ2v) is 3.83. The Kier molecular flexibility index (Phi) is 2.04. The van der Waals surface area contributed by atoms with Crippen LogP contribution in [0, 0.1) is 6.92 Å². The number of carboxylic acid groups (broad SMARTS) is 1. The zero-order valence-corrected chi connectivity index (χ0v) is 8.08. The third-order valence-corrected chi connectivity index (χ3v) is 2.76. The number of aromatic carboxylic acids is 1. The molecule has 0 amide bonds. The van der Waals surface area contributed by atoms with Crippen molar-refractivity contribution in [3.63, 3.8) is 0 Å². The van der Waals surface area contributed by atoms with Gasteiger partial charge < -0.3 is 10.8 Å². The fourth-order valence-electron chi connectivity index (χ4n) is 2.10. The van der Waals surface area contributed by atoms with Gasteiger partial charge in [-0.1, -0.05) is 6.07 Å². The molecule has 14 heavy (non-hydrogen) atoms. The van der Waals surface area contributed by atoms with Gasteiger partial charge in [0, 0.05) is 6.04 Å². The molecule has 0 saturated heterocycles. The average molecular weight is 191 g/mol. The Morgan fingerprint density at radius 1 is 1.57 bits per heavy atom. The van der Waals surface area contributed by atoms with E-state index in [4.69, 9.17) is 10.8 Å². The average Bonchev–Trinajstić information content (AvgIpc) is 2.47. The molecule has 0 aromatic heterocycles. The quantitative estimate of drug-likeness (QED) is 0.709. The monoisotopic (exact) mass is 191 g/mol. The number of rotatable bonds is 1. The van der Waals surface area contributed by atoms with Crippen LogP contribution in [0.4, 0.5) is 0 Å². The summed E-state index contributed by atoms with van der Waals surface area (Å²) in [6.45, 7) is 1.90. The van der Waals surface area contributed by atoms with E-state index in [1.54, 1.807) is 6.07 Å². The van der Waals surface area contributed by atoms with Gasteiger partial charge in [0.15, 0.2) is 0 Å². The van der Waals surface area contributed by atoms with Crippen molar-refractivity contribution in [1.82, 2.24) is 0 Å². The maximum atomic E-state index is 11.0. The van der Waals surface area contributed by atoms with E-state index in [-0.39, 0.29) is 6.04 Å². The molecule has 0 heterocycles. The summed E-state index contributed by atoms with van der Waals surface area (Å²) >= 11 is 0. The van der Waals surface area contributed by atoms with Crippen LogP contribution in [-0.4, -0.2) is 11.1 Å². The van der Waals surface area contributed by atoms with Crippen LogP contribution in [0.15, 0.2) is 12.1 Å². The van der Waals surface area contributed by atoms with Gasteiger partial charge in [-0.05, 0) is 42.5 Å². The van der Waals surface area contributed by atoms with Gasteiger partial charge in [0.2, 0.25) is 0 Å². The number of carboxylic acids is 1. The van der Waals surface area contributed by atoms with Gasteiger partial charge >= 0.3 is 5.97 Å². The molecule has 1 aromatic rings. The first-order chi connectivity index (χ1) is 6.59. The third-order valence-electron chi connectivity index (χ3n) is 2.76. The fraction of sp³-hybridized carbons (Fsp3) is 0.364. The second kappa shape index (κ2) is 3.10. The van der Waals surface area contributed by atoms with E-state index in [1.807, 2.05) is 13.0 Å². The van der Waals surface area contributed by atoms with Gasteiger partial charge in [-0.2, -0.15) is 0 Å². The molecule has 0 fully saturated rings. The molecule has 1 unspecified atom stereocenters. The molecule has 0 aliphatic heterocycles. The molecular weight excluding hydrogens is 178 g/mol. The molecule has 1 aliphatic carbocycles. The van der Waals surface area contributed by atoms with Crippen LogP contribution in [0.2, 0.25) is 0 Å². The molecule has 3 nitrogen and oxygen atoms in total. The van der Waals surface area contributed by atoms with Crippen LogP contribution in [-0.2, 0) is 6.42 Å². The number of aryl methyl sites for hydroxylation is 1. The predicted molar refractivity (Wildman–Crippen MR) is 53.4 cm³/mol. The molecule has 3 N–H and O–H groups in total. The lowest BCUT2D eigenvalue weighted by Crippen LogP contribution is -2.07. The van der Waals surface area contributed by atoms with E-state index in [9.17, 15) is 4.79 Å². The van der Waals surface area contributed by atoms with Crippen molar-refractivity contribution in [1.29, 1.82) is 0 Å². The summed E-state index contributed by atoms with van der Waals surface area (Å²) in [6, 6.07) is 3.74. The first kappa shape index (κ1) is 9.21. The SMILES string of the molecule is Cc1cc(C(=O)O)c2c(c1)C(N)CC2. The van der Waals surface area contributed by atoms with Crippen LogP contribution >= 0.6 is 0 Å². The normalized spacial score (nSPS) is 19.4. The molecule has 0 radical (unpaired) electrons. The summed E-state index contributed by atoms with van der Waals surface area (Å²) in [7, 11) is 0. The molecule has 0 saturated carbocycles. The second-order valence-electron chi connectivity index (χ2n) is 3.83. The maximum absolute atomic E-state index is 11.0. The van der Waals surface area contributed by atoms with Crippen LogP contribution in [0.25, 0.3) is 0 Å². The van der Waals surface area contributed by atoms with Crippen LogP contribution < -0.4 is 5.73 Å². The Morgan fingerprint density at radius 3 is 2.93 bits per heavy atom. The zero-order chi connectivity index (χ0) is 10.3. The minimum atomic E-state index is -0.848. The highest BCUT2D eigenvalue weighted by molar-refractivity contribution is 5.90. The van der Waals surface area contributed by atoms with E-state index in [1.165, 1.54) is 0 Å². The summed E-state index contributed by atoms with van der Waals surface area (Å²) in [4.78, 5) is 11.0. The molecule has 1 aromatic carbocycles. The van der Waals surface area contributed by atoms with E-state index in [0.717, 1.165) is 29.5 Å². The maximum Gasteiger partial charge on any atom is 0.335 e. The molecule has 3 heteroatoms. The summed E-state index contributed by atoms with van der Waals surface area (Å²) < 4.78 is 0. The number of benzene rings is 1. The summed E-state index contributed by atoms with van der Waals surface area (Å²) in [6.07, 6.45) is 1.65. The molecule has 1 atom stereocenters. The van der Waals surface area contributed by atoms with Crippen molar-refractivity contribution in [2.24, 2.45) is 5.73 Å². The Morgan fingerprint density at radius 2 is 2.29 bits per heavy atom. The Hall–Kier alpha value is -1.35. The van der Waals surface area contributed by atoms with Crippen molar-refractivity contribution in [2.75, 3.05) is 0 Å². The minimum absolute atomic E-state index is 0.0167. The van der Waals surface area contributed by atoms with Gasteiger partial charge in [0.05, 0.1) is 5.56 Å². The fourth-order valence-corrected chi connectivity index (χ4v) is 2.10. The van der Waals surface area contributed by atoms with Crippen molar-refractivity contribution in [3.05, 3.63) is 34.4 Å². The van der Waals surface area contributed by atoms with E-state index >= 15 is 0 Å². The number of nitrogens with two attached hydrogens (primary N) is 1. The molecule has 1 aliphatic rings. The van der Waals surface area contributed by atoms with E-state index in [2.05, 4.69) is 0 Å². The predicted octanol–water partition coefficient (Wildman–Crippen LogP) is 1.64. The van der Waals surface area contributed by atoms with E-state index in [0.29, 0.717) is 5.56 Å². The van der Waals surface area contributed by atoms with Crippen LogP contribution in [0.3, 0.4) is 0 Å².